The predicted octanol–water partition coefficient (Wildman–Crippen LogP) is 3.52. The van der Waals surface area contributed by atoms with Crippen LogP contribution in [0.2, 0.25) is 0 Å². The molecule has 0 radical (unpaired) electrons. The van der Waals surface area contributed by atoms with E-state index < -0.39 is 18.6 Å². The van der Waals surface area contributed by atoms with Gasteiger partial charge >= 0.3 is 6.18 Å². The number of halogens is 3. The molecule has 1 aliphatic carbocycles. The number of hydrogen-bond acceptors (Lipinski definition) is 1. The van der Waals surface area contributed by atoms with Crippen LogP contribution in [0.25, 0.3) is 0 Å². The smallest absolute Gasteiger partial charge is 0.347 e. The Morgan fingerprint density at radius 1 is 1.18 bits per heavy atom. The third-order valence-corrected chi connectivity index (χ3v) is 2.85. The Morgan fingerprint density at radius 2 is 1.65 bits per heavy atom. The van der Waals surface area contributed by atoms with Gasteiger partial charge < -0.3 is 5.32 Å². The van der Waals surface area contributed by atoms with Crippen LogP contribution in [0.5, 0.6) is 0 Å². The first-order chi connectivity index (χ1) is 7.88. The number of hydrogen-bond donors (Lipinski definition) is 1. The Bertz CT molecular complexity index is 220. The molecule has 0 aromatic heterocycles. The average Bonchev–Trinajstić information content (AvgIpc) is 2.29. The fourth-order valence-electron chi connectivity index (χ4n) is 1.85. The second kappa shape index (κ2) is 7.56. The van der Waals surface area contributed by atoms with Crippen molar-refractivity contribution in [2.75, 3.05) is 6.54 Å². The lowest BCUT2D eigenvalue weighted by atomic mass is 9.82. The van der Waals surface area contributed by atoms with E-state index in [1.54, 1.807) is 0 Å². The molecule has 1 amide bonds. The minimum Gasteiger partial charge on any atom is -0.347 e. The molecular formula is C12H22F3NO. The molecule has 1 saturated carbocycles. The summed E-state index contributed by atoms with van der Waals surface area (Å²) in [4.78, 5) is 11.3. The van der Waals surface area contributed by atoms with Gasteiger partial charge in [-0.2, -0.15) is 13.2 Å². The minimum atomic E-state index is -4.31. The Hall–Kier alpha value is -0.740. The van der Waals surface area contributed by atoms with Crippen LogP contribution in [0.15, 0.2) is 0 Å². The Labute approximate surface area is 101 Å². The number of alkyl halides is 3. The van der Waals surface area contributed by atoms with Gasteiger partial charge in [0.2, 0.25) is 5.91 Å². The summed E-state index contributed by atoms with van der Waals surface area (Å²) in [5.41, 5.74) is 0. The maximum absolute atomic E-state index is 11.8. The summed E-state index contributed by atoms with van der Waals surface area (Å²) in [6.45, 7) is 4.89. The molecule has 0 saturated heterocycles. The van der Waals surface area contributed by atoms with Crippen LogP contribution in [-0.4, -0.2) is 18.6 Å². The first-order valence-corrected chi connectivity index (χ1v) is 6.23. The number of carbonyl (C=O) groups excluding carboxylic acids is 1. The third kappa shape index (κ3) is 7.23. The van der Waals surface area contributed by atoms with Crippen molar-refractivity contribution in [1.82, 2.24) is 5.32 Å². The quantitative estimate of drug-likeness (QED) is 0.801. The van der Waals surface area contributed by atoms with E-state index in [1.165, 1.54) is 0 Å². The van der Waals surface area contributed by atoms with Crippen LogP contribution in [0, 0.1) is 11.8 Å². The molecule has 0 aromatic rings. The Kier molecular flexibility index (Phi) is 7.23. The normalized spacial score (nSPS) is 24.6. The second-order valence-corrected chi connectivity index (χ2v) is 4.29. The van der Waals surface area contributed by atoms with Gasteiger partial charge in [0.1, 0.15) is 6.54 Å². The van der Waals surface area contributed by atoms with Crippen LogP contribution >= 0.6 is 0 Å². The molecule has 0 aromatic carbocycles. The molecular weight excluding hydrogens is 231 g/mol. The van der Waals surface area contributed by atoms with Crippen LogP contribution in [0.1, 0.15) is 46.5 Å². The van der Waals surface area contributed by atoms with Crippen molar-refractivity contribution in [3.63, 3.8) is 0 Å². The topological polar surface area (TPSA) is 29.1 Å². The first-order valence-electron chi connectivity index (χ1n) is 6.23. The lowest BCUT2D eigenvalue weighted by Crippen LogP contribution is -2.38. The van der Waals surface area contributed by atoms with Gasteiger partial charge in [-0.3, -0.25) is 4.79 Å². The van der Waals surface area contributed by atoms with E-state index in [9.17, 15) is 18.0 Å². The van der Waals surface area contributed by atoms with Gasteiger partial charge in [-0.05, 0) is 31.6 Å². The van der Waals surface area contributed by atoms with Gasteiger partial charge in [-0.25, -0.2) is 0 Å². The highest BCUT2D eigenvalue weighted by Crippen LogP contribution is 2.28. The van der Waals surface area contributed by atoms with Crippen molar-refractivity contribution in [2.24, 2.45) is 11.8 Å². The zero-order valence-electron chi connectivity index (χ0n) is 10.7. The van der Waals surface area contributed by atoms with Crippen molar-refractivity contribution in [2.45, 2.75) is 52.6 Å². The van der Waals surface area contributed by atoms with Crippen LogP contribution in [-0.2, 0) is 4.79 Å². The van der Waals surface area contributed by atoms with Crippen molar-refractivity contribution >= 4 is 5.91 Å². The summed E-state index contributed by atoms with van der Waals surface area (Å²) in [6, 6.07) is 0. The van der Waals surface area contributed by atoms with E-state index in [2.05, 4.69) is 6.92 Å². The van der Waals surface area contributed by atoms with Gasteiger partial charge in [-0.15, -0.1) is 0 Å². The molecule has 1 aliphatic rings. The highest BCUT2D eigenvalue weighted by molar-refractivity contribution is 5.78. The van der Waals surface area contributed by atoms with Crippen molar-refractivity contribution in [1.29, 1.82) is 0 Å². The van der Waals surface area contributed by atoms with Gasteiger partial charge in [-0.1, -0.05) is 20.8 Å². The molecule has 0 bridgehead atoms. The largest absolute Gasteiger partial charge is 0.405 e. The molecule has 2 nitrogen and oxygen atoms in total. The molecule has 0 atom stereocenters. The highest BCUT2D eigenvalue weighted by atomic mass is 19.4. The molecule has 0 heterocycles. The van der Waals surface area contributed by atoms with E-state index in [1.807, 2.05) is 19.2 Å². The Balaban J connectivity index is 0.00000121. The van der Waals surface area contributed by atoms with Crippen molar-refractivity contribution in [3.05, 3.63) is 0 Å². The Morgan fingerprint density at radius 3 is 2.06 bits per heavy atom. The van der Waals surface area contributed by atoms with Crippen LogP contribution in [0.3, 0.4) is 0 Å². The molecule has 1 N–H and O–H groups in total. The average molecular weight is 253 g/mol. The third-order valence-electron chi connectivity index (χ3n) is 2.85. The minimum absolute atomic E-state index is 0.219. The standard InChI is InChI=1S/C10H16F3NO.C2H6/c1-7-2-4-8(5-3-7)9(15)14-6-10(11,12)13;1-2/h7-8H,2-6H2,1H3,(H,14,15);1-2H3. The molecule has 1 rings (SSSR count). The molecule has 1 fully saturated rings. The first kappa shape index (κ1) is 16.3. The predicted molar refractivity (Wildman–Crippen MR) is 61.5 cm³/mol. The van der Waals surface area contributed by atoms with Crippen molar-refractivity contribution in [3.8, 4) is 0 Å². The highest BCUT2D eigenvalue weighted by Gasteiger charge is 2.30. The zero-order valence-corrected chi connectivity index (χ0v) is 10.7. The molecule has 0 aliphatic heterocycles. The van der Waals surface area contributed by atoms with Gasteiger partial charge in [0.15, 0.2) is 0 Å². The number of rotatable bonds is 2. The van der Waals surface area contributed by atoms with Gasteiger partial charge in [0.05, 0.1) is 0 Å². The molecule has 17 heavy (non-hydrogen) atoms. The molecule has 102 valence electrons. The number of carbonyl (C=O) groups is 1. The number of amides is 1. The summed E-state index contributed by atoms with van der Waals surface area (Å²) >= 11 is 0. The fourth-order valence-corrected chi connectivity index (χ4v) is 1.85. The monoisotopic (exact) mass is 253 g/mol. The summed E-state index contributed by atoms with van der Waals surface area (Å²) in [6.07, 6.45) is -1.01. The maximum atomic E-state index is 11.8. The summed E-state index contributed by atoms with van der Waals surface area (Å²) in [5, 5.41) is 1.94. The fraction of sp³-hybridized carbons (Fsp3) is 0.917. The van der Waals surface area contributed by atoms with E-state index in [-0.39, 0.29) is 5.92 Å². The summed E-state index contributed by atoms with van der Waals surface area (Å²) < 4.78 is 35.5. The van der Waals surface area contributed by atoms with Crippen LogP contribution in [0.4, 0.5) is 13.2 Å². The van der Waals surface area contributed by atoms with E-state index >= 15 is 0 Å². The van der Waals surface area contributed by atoms with E-state index in [0.717, 1.165) is 12.8 Å². The molecule has 0 spiro atoms. The SMILES string of the molecule is CC.CC1CCC(C(=O)NCC(F)(F)F)CC1. The summed E-state index contributed by atoms with van der Waals surface area (Å²) in [7, 11) is 0. The van der Waals surface area contributed by atoms with Crippen molar-refractivity contribution < 1.29 is 18.0 Å². The van der Waals surface area contributed by atoms with Gasteiger partial charge in [0.25, 0.3) is 0 Å². The van der Waals surface area contributed by atoms with Crippen LogP contribution < -0.4 is 5.32 Å². The zero-order chi connectivity index (χ0) is 13.5. The lowest BCUT2D eigenvalue weighted by Gasteiger charge is -2.25. The van der Waals surface area contributed by atoms with E-state index in [0.29, 0.717) is 18.8 Å². The lowest BCUT2D eigenvalue weighted by molar-refractivity contribution is -0.141. The van der Waals surface area contributed by atoms with Gasteiger partial charge in [0, 0.05) is 5.92 Å². The van der Waals surface area contributed by atoms with E-state index in [4.69, 9.17) is 0 Å². The summed E-state index contributed by atoms with van der Waals surface area (Å²) in [5.74, 6) is -0.0700. The maximum Gasteiger partial charge on any atom is 0.405 e. The molecule has 5 heteroatoms. The molecule has 0 unspecified atom stereocenters. The second-order valence-electron chi connectivity index (χ2n) is 4.29. The number of nitrogens with one attached hydrogen (secondary N) is 1.